The summed E-state index contributed by atoms with van der Waals surface area (Å²) in [6, 6.07) is 6.11. The first-order valence-electron chi connectivity index (χ1n) is 7.89. The molecule has 124 valence electrons. The topological polar surface area (TPSA) is 67.9 Å². The molecule has 5 heteroatoms. The number of nitrogens with two attached hydrogens (primary N) is 1. The van der Waals surface area contributed by atoms with Crippen LogP contribution in [0.4, 0.5) is 5.69 Å². The van der Waals surface area contributed by atoms with Gasteiger partial charge in [-0.2, -0.15) is 0 Å². The van der Waals surface area contributed by atoms with E-state index < -0.39 is 0 Å². The summed E-state index contributed by atoms with van der Waals surface area (Å²) in [5.41, 5.74) is 9.83. The third-order valence-corrected chi connectivity index (χ3v) is 3.98. The smallest absolute Gasteiger partial charge is 0.223 e. The molecule has 1 amide bonds. The highest BCUT2D eigenvalue weighted by Crippen LogP contribution is 2.31. The van der Waals surface area contributed by atoms with E-state index in [1.54, 1.807) is 26.4 Å². The van der Waals surface area contributed by atoms with E-state index in [-0.39, 0.29) is 5.91 Å². The number of hydrogen-bond donors (Lipinski definition) is 1. The molecule has 0 bridgehead atoms. The molecule has 0 saturated carbocycles. The summed E-state index contributed by atoms with van der Waals surface area (Å²) in [6.07, 6.45) is 4.30. The van der Waals surface area contributed by atoms with E-state index in [1.165, 1.54) is 5.56 Å². The molecule has 0 radical (unpaired) electrons. The van der Waals surface area contributed by atoms with Gasteiger partial charge in [0.15, 0.2) is 0 Å². The number of ether oxygens (including phenoxy) is 1. The van der Waals surface area contributed by atoms with Gasteiger partial charge in [-0.05, 0) is 35.6 Å². The number of methoxy groups -OCH3 is 1. The van der Waals surface area contributed by atoms with Crippen LogP contribution in [0.5, 0.6) is 0 Å². The average molecular weight is 315 g/mol. The fourth-order valence-corrected chi connectivity index (χ4v) is 2.86. The van der Waals surface area contributed by atoms with Gasteiger partial charge >= 0.3 is 0 Å². The van der Waals surface area contributed by atoms with E-state index in [0.717, 1.165) is 29.8 Å². The van der Waals surface area contributed by atoms with Gasteiger partial charge < -0.3 is 15.4 Å². The molecule has 1 aromatic rings. The number of carbonyl (C=O) groups excluding carboxylic acids is 1. The zero-order valence-electron chi connectivity index (χ0n) is 14.1. The Kier molecular flexibility index (Phi) is 5.93. The van der Waals surface area contributed by atoms with Gasteiger partial charge in [0.1, 0.15) is 0 Å². The Morgan fingerprint density at radius 3 is 2.96 bits per heavy atom. The molecule has 1 heterocycles. The van der Waals surface area contributed by atoms with E-state index >= 15 is 0 Å². The molecule has 0 spiro atoms. The minimum Gasteiger partial charge on any atom is -0.404 e. The van der Waals surface area contributed by atoms with Gasteiger partial charge in [0.05, 0.1) is 13.2 Å². The Labute approximate surface area is 137 Å². The Morgan fingerprint density at radius 2 is 2.30 bits per heavy atom. The zero-order valence-corrected chi connectivity index (χ0v) is 14.1. The van der Waals surface area contributed by atoms with E-state index in [9.17, 15) is 4.79 Å². The zero-order chi connectivity index (χ0) is 16.8. The van der Waals surface area contributed by atoms with E-state index in [4.69, 9.17) is 10.5 Å². The number of carbonyl (C=O) groups is 1. The van der Waals surface area contributed by atoms with Crippen molar-refractivity contribution < 1.29 is 9.53 Å². The predicted octanol–water partition coefficient (Wildman–Crippen LogP) is 2.25. The van der Waals surface area contributed by atoms with Crippen LogP contribution < -0.4 is 10.6 Å². The second-order valence-corrected chi connectivity index (χ2v) is 5.93. The second-order valence-electron chi connectivity index (χ2n) is 5.93. The van der Waals surface area contributed by atoms with Crippen LogP contribution in [-0.4, -0.2) is 38.9 Å². The Morgan fingerprint density at radius 1 is 1.52 bits per heavy atom. The quantitative estimate of drug-likeness (QED) is 0.669. The van der Waals surface area contributed by atoms with Crippen LogP contribution in [0.15, 0.2) is 29.4 Å². The molecule has 0 aromatic heterocycles. The third kappa shape index (κ3) is 4.20. The van der Waals surface area contributed by atoms with Crippen LogP contribution >= 0.6 is 0 Å². The van der Waals surface area contributed by atoms with Gasteiger partial charge in [-0.15, -0.1) is 0 Å². The van der Waals surface area contributed by atoms with Crippen LogP contribution in [0.1, 0.15) is 25.0 Å². The number of rotatable bonds is 5. The molecule has 1 unspecified atom stereocenters. The first kappa shape index (κ1) is 17.2. The number of aliphatic imine (C=N–C) groups is 1. The lowest BCUT2D eigenvalue weighted by Crippen LogP contribution is -2.37. The van der Waals surface area contributed by atoms with E-state index in [2.05, 4.69) is 18.0 Å². The average Bonchev–Trinajstić information content (AvgIpc) is 2.53. The molecule has 2 N–H and O–H groups in total. The van der Waals surface area contributed by atoms with E-state index in [1.807, 2.05) is 17.0 Å². The maximum absolute atomic E-state index is 11.8. The summed E-state index contributed by atoms with van der Waals surface area (Å²) in [5, 5.41) is 0. The molecular weight excluding hydrogens is 290 g/mol. The van der Waals surface area contributed by atoms with Crippen molar-refractivity contribution in [3.05, 3.63) is 35.5 Å². The molecular formula is C18H25N3O2. The maximum Gasteiger partial charge on any atom is 0.223 e. The monoisotopic (exact) mass is 315 g/mol. The molecule has 0 saturated heterocycles. The number of benzene rings is 1. The minimum absolute atomic E-state index is 0.0845. The van der Waals surface area contributed by atoms with Crippen molar-refractivity contribution in [1.29, 1.82) is 0 Å². The van der Waals surface area contributed by atoms with Gasteiger partial charge in [-0.25, -0.2) is 0 Å². The van der Waals surface area contributed by atoms with Crippen molar-refractivity contribution in [2.24, 2.45) is 16.6 Å². The maximum atomic E-state index is 11.8. The molecule has 5 nitrogen and oxygen atoms in total. The number of nitrogens with zero attached hydrogens (tertiary/aromatic N) is 2. The fourth-order valence-electron chi connectivity index (χ4n) is 2.86. The molecule has 0 fully saturated rings. The highest BCUT2D eigenvalue weighted by Gasteiger charge is 2.24. The minimum atomic E-state index is 0.0845. The Hall–Kier alpha value is -2.14. The van der Waals surface area contributed by atoms with Crippen LogP contribution in [-0.2, 0) is 16.0 Å². The van der Waals surface area contributed by atoms with Gasteiger partial charge in [0.25, 0.3) is 0 Å². The van der Waals surface area contributed by atoms with E-state index in [0.29, 0.717) is 19.1 Å². The number of allylic oxidation sites excluding steroid dienone is 1. The van der Waals surface area contributed by atoms with Gasteiger partial charge in [-0.3, -0.25) is 9.79 Å². The Balaban J connectivity index is 2.27. The highest BCUT2D eigenvalue weighted by molar-refractivity contribution is 6.10. The first-order valence-corrected chi connectivity index (χ1v) is 7.89. The lowest BCUT2D eigenvalue weighted by molar-refractivity contribution is -0.116. The summed E-state index contributed by atoms with van der Waals surface area (Å²) in [4.78, 5) is 18.0. The Bertz CT molecular complexity index is 623. The molecule has 1 aliphatic heterocycles. The third-order valence-electron chi connectivity index (χ3n) is 3.98. The first-order chi connectivity index (χ1) is 11.1. The second kappa shape index (κ2) is 7.92. The predicted molar refractivity (Wildman–Crippen MR) is 94.7 cm³/mol. The largest absolute Gasteiger partial charge is 0.404 e. The van der Waals surface area contributed by atoms with Crippen molar-refractivity contribution >= 4 is 23.4 Å². The van der Waals surface area contributed by atoms with Gasteiger partial charge in [0, 0.05) is 44.3 Å². The van der Waals surface area contributed by atoms with Gasteiger partial charge in [-0.1, -0.05) is 13.0 Å². The van der Waals surface area contributed by atoms with Crippen LogP contribution in [0, 0.1) is 5.92 Å². The molecule has 23 heavy (non-hydrogen) atoms. The number of anilines is 1. The lowest BCUT2D eigenvalue weighted by atomic mass is 9.91. The van der Waals surface area contributed by atoms with Gasteiger partial charge in [0.2, 0.25) is 5.91 Å². The summed E-state index contributed by atoms with van der Waals surface area (Å²) in [5.74, 6) is 0.531. The molecule has 1 aromatic carbocycles. The van der Waals surface area contributed by atoms with Crippen molar-refractivity contribution in [3.8, 4) is 0 Å². The number of hydrogen-bond acceptors (Lipinski definition) is 4. The van der Waals surface area contributed by atoms with Crippen molar-refractivity contribution in [1.82, 2.24) is 0 Å². The van der Waals surface area contributed by atoms with Crippen LogP contribution in [0.25, 0.3) is 5.57 Å². The molecule has 0 aliphatic carbocycles. The van der Waals surface area contributed by atoms with Crippen LogP contribution in [0.3, 0.4) is 0 Å². The standard InChI is InChI=1S/C18H25N3O2/c1-13-8-16-9-15(17(10-19)11-20-6-7-23-3)4-5-18(16)21(12-13)14(2)22/h4-5,9-11,13H,6-8,12,19H2,1-3H3. The lowest BCUT2D eigenvalue weighted by Gasteiger charge is -2.32. The number of amides is 1. The molecule has 2 rings (SSSR count). The SMILES string of the molecule is COCCN=CC(=CN)c1ccc2c(c1)CC(C)CN2C(C)=O. The normalized spacial score (nSPS) is 18.3. The highest BCUT2D eigenvalue weighted by atomic mass is 16.5. The summed E-state index contributed by atoms with van der Waals surface area (Å²) >= 11 is 0. The summed E-state index contributed by atoms with van der Waals surface area (Å²) < 4.78 is 4.98. The van der Waals surface area contributed by atoms with Crippen LogP contribution in [0.2, 0.25) is 0 Å². The number of fused-ring (bicyclic) bond motifs is 1. The fraction of sp³-hybridized carbons (Fsp3) is 0.444. The summed E-state index contributed by atoms with van der Waals surface area (Å²) in [7, 11) is 1.65. The summed E-state index contributed by atoms with van der Waals surface area (Å²) in [6.45, 7) is 5.75. The van der Waals surface area contributed by atoms with Crippen molar-refractivity contribution in [2.45, 2.75) is 20.3 Å². The molecule has 1 atom stereocenters. The molecule has 1 aliphatic rings. The van der Waals surface area contributed by atoms with Crippen molar-refractivity contribution in [2.75, 3.05) is 31.7 Å². The van der Waals surface area contributed by atoms with Crippen molar-refractivity contribution in [3.63, 3.8) is 0 Å².